The zero-order valence-electron chi connectivity index (χ0n) is 10.4. The summed E-state index contributed by atoms with van der Waals surface area (Å²) in [6.45, 7) is 0. The van der Waals surface area contributed by atoms with Crippen molar-refractivity contribution in [2.24, 2.45) is 0 Å². The molecular weight excluding hydrogens is 299 g/mol. The molecule has 0 aromatic heterocycles. The van der Waals surface area contributed by atoms with Gasteiger partial charge in [-0.1, -0.05) is 0 Å². The Kier molecular flexibility index (Phi) is 3.84. The van der Waals surface area contributed by atoms with Crippen LogP contribution in [0.25, 0.3) is 0 Å². The fraction of sp³-hybridized carbons (Fsp3) is 0. The van der Waals surface area contributed by atoms with Crippen LogP contribution in [0, 0.1) is 20.2 Å². The predicted molar refractivity (Wildman–Crippen MR) is 75.3 cm³/mol. The molecule has 8 nitrogen and oxygen atoms in total. The van der Waals surface area contributed by atoms with Crippen LogP contribution in [0.3, 0.4) is 0 Å². The van der Waals surface area contributed by atoms with Crippen molar-refractivity contribution in [1.29, 1.82) is 0 Å². The van der Waals surface area contributed by atoms with E-state index in [0.29, 0.717) is 0 Å². The van der Waals surface area contributed by atoms with Crippen LogP contribution in [0.5, 0.6) is 0 Å². The van der Waals surface area contributed by atoms with Crippen LogP contribution in [0.15, 0.2) is 48.5 Å². The van der Waals surface area contributed by atoms with E-state index in [1.54, 1.807) is 0 Å². The van der Waals surface area contributed by atoms with Gasteiger partial charge in [0, 0.05) is 34.9 Å². The summed E-state index contributed by atoms with van der Waals surface area (Å²) in [4.78, 5) is 30.0. The second-order valence-electron chi connectivity index (χ2n) is 4.12. The van der Waals surface area contributed by atoms with Gasteiger partial charge >= 0.3 is 0 Å². The molecule has 0 spiro atoms. The number of non-ortho nitro benzene ring substituents is 2. The van der Waals surface area contributed by atoms with E-state index in [0.717, 1.165) is 24.3 Å². The van der Waals surface area contributed by atoms with Gasteiger partial charge in [-0.25, -0.2) is 0 Å². The minimum atomic E-state index is -3.94. The molecule has 2 aromatic rings. The molecule has 0 fully saturated rings. The molecule has 108 valence electrons. The number of nitro benzene ring substituents is 2. The van der Waals surface area contributed by atoms with Gasteiger partial charge in [-0.3, -0.25) is 24.8 Å². The summed E-state index contributed by atoms with van der Waals surface area (Å²) in [6.07, 6.45) is 0. The lowest BCUT2D eigenvalue weighted by molar-refractivity contribution is -0.385. The van der Waals surface area contributed by atoms with Crippen molar-refractivity contribution in [3.8, 4) is 0 Å². The lowest BCUT2D eigenvalue weighted by Crippen LogP contribution is -2.15. The number of benzene rings is 2. The largest absolute Gasteiger partial charge is 0.338 e. The molecule has 0 unspecified atom stereocenters. The number of nitrogens with zero attached hydrogens (tertiary/aromatic N) is 2. The number of nitro groups is 2. The van der Waals surface area contributed by atoms with Crippen molar-refractivity contribution in [1.82, 2.24) is 0 Å². The summed E-state index contributed by atoms with van der Waals surface area (Å²) in [5.41, 5.74) is -0.384. The second kappa shape index (κ2) is 5.43. The van der Waals surface area contributed by atoms with Crippen LogP contribution in [0.2, 0.25) is 0 Å². The maximum absolute atomic E-state index is 12.4. The van der Waals surface area contributed by atoms with Gasteiger partial charge in [-0.05, 0) is 24.3 Å². The van der Waals surface area contributed by atoms with Gasteiger partial charge in [-0.15, -0.1) is 0 Å². The monoisotopic (exact) mass is 308 g/mol. The molecule has 2 aromatic carbocycles. The van der Waals surface area contributed by atoms with E-state index in [1.165, 1.54) is 24.3 Å². The SMILES string of the molecule is O=[N+]([O-])c1ccc(P(=O)(O)c2ccc([N+](=O)[O-])cc2)cc1. The third kappa shape index (κ3) is 2.96. The van der Waals surface area contributed by atoms with Crippen molar-refractivity contribution < 1.29 is 19.3 Å². The summed E-state index contributed by atoms with van der Waals surface area (Å²) >= 11 is 0. The summed E-state index contributed by atoms with van der Waals surface area (Å²) in [6, 6.07) is 9.29. The number of hydrogen-bond acceptors (Lipinski definition) is 5. The molecule has 1 N–H and O–H groups in total. The lowest BCUT2D eigenvalue weighted by Gasteiger charge is -2.11. The highest BCUT2D eigenvalue weighted by molar-refractivity contribution is 7.73. The van der Waals surface area contributed by atoms with Gasteiger partial charge in [0.2, 0.25) is 0 Å². The van der Waals surface area contributed by atoms with Gasteiger partial charge in [0.25, 0.3) is 18.7 Å². The summed E-state index contributed by atoms with van der Waals surface area (Å²) in [5, 5.41) is 21.1. The second-order valence-corrected chi connectivity index (χ2v) is 6.31. The van der Waals surface area contributed by atoms with Crippen molar-refractivity contribution in [2.75, 3.05) is 0 Å². The van der Waals surface area contributed by atoms with E-state index in [4.69, 9.17) is 0 Å². The molecule has 0 amide bonds. The van der Waals surface area contributed by atoms with Crippen molar-refractivity contribution in [3.05, 3.63) is 68.8 Å². The van der Waals surface area contributed by atoms with Crippen molar-refractivity contribution >= 4 is 29.4 Å². The Hall–Kier alpha value is -2.57. The van der Waals surface area contributed by atoms with Gasteiger partial charge in [0.1, 0.15) is 0 Å². The zero-order valence-corrected chi connectivity index (χ0v) is 11.3. The van der Waals surface area contributed by atoms with Gasteiger partial charge < -0.3 is 4.89 Å². The summed E-state index contributed by atoms with van der Waals surface area (Å²) in [5.74, 6) is 0. The maximum atomic E-state index is 12.4. The molecule has 0 saturated heterocycles. The van der Waals surface area contributed by atoms with Crippen LogP contribution in [0.1, 0.15) is 0 Å². The Labute approximate surface area is 118 Å². The van der Waals surface area contributed by atoms with Crippen molar-refractivity contribution in [2.45, 2.75) is 0 Å². The first kappa shape index (κ1) is 14.8. The molecule has 0 atom stereocenters. The van der Waals surface area contributed by atoms with E-state index in [1.807, 2.05) is 0 Å². The summed E-state index contributed by atoms with van der Waals surface area (Å²) in [7, 11) is -3.94. The highest BCUT2D eigenvalue weighted by Crippen LogP contribution is 2.38. The molecular formula is C12H9N2O6P. The van der Waals surface area contributed by atoms with E-state index >= 15 is 0 Å². The minimum absolute atomic E-state index is 0.0157. The van der Waals surface area contributed by atoms with E-state index in [2.05, 4.69) is 0 Å². The average Bonchev–Trinajstić information content (AvgIpc) is 2.47. The van der Waals surface area contributed by atoms with Crippen LogP contribution in [-0.4, -0.2) is 14.7 Å². The number of rotatable bonds is 4. The predicted octanol–water partition coefficient (Wildman–Crippen LogP) is 1.72. The average molecular weight is 308 g/mol. The highest BCUT2D eigenvalue weighted by Gasteiger charge is 2.25. The lowest BCUT2D eigenvalue weighted by atomic mass is 10.3. The third-order valence-electron chi connectivity index (χ3n) is 2.82. The summed E-state index contributed by atoms with van der Waals surface area (Å²) < 4.78 is 12.4. The fourth-order valence-corrected chi connectivity index (χ4v) is 3.11. The van der Waals surface area contributed by atoms with Gasteiger partial charge in [0.15, 0.2) is 0 Å². The zero-order chi connectivity index (χ0) is 15.6. The molecule has 0 aliphatic rings. The topological polar surface area (TPSA) is 124 Å². The normalized spacial score (nSPS) is 11.1. The Balaban J connectivity index is 2.38. The third-order valence-corrected chi connectivity index (χ3v) is 4.82. The van der Waals surface area contributed by atoms with Crippen LogP contribution >= 0.6 is 7.37 Å². The fourth-order valence-electron chi connectivity index (χ4n) is 1.70. The quantitative estimate of drug-likeness (QED) is 0.521. The molecule has 0 radical (unpaired) electrons. The molecule has 9 heteroatoms. The van der Waals surface area contributed by atoms with Crippen molar-refractivity contribution in [3.63, 3.8) is 0 Å². The van der Waals surface area contributed by atoms with Crippen LogP contribution < -0.4 is 10.6 Å². The van der Waals surface area contributed by atoms with E-state index in [-0.39, 0.29) is 22.0 Å². The standard InChI is InChI=1S/C12H9N2O6P/c15-13(16)9-1-5-11(6-2-9)21(19,20)12-7-3-10(4-8-12)14(17)18/h1-8H,(H,19,20). The van der Waals surface area contributed by atoms with E-state index < -0.39 is 17.2 Å². The Morgan fingerprint density at radius 2 is 1.05 bits per heavy atom. The molecule has 21 heavy (non-hydrogen) atoms. The minimum Gasteiger partial charge on any atom is -0.338 e. The molecule has 2 rings (SSSR count). The van der Waals surface area contributed by atoms with Gasteiger partial charge in [0.05, 0.1) is 9.85 Å². The highest BCUT2D eigenvalue weighted by atomic mass is 31.2. The molecule has 0 bridgehead atoms. The van der Waals surface area contributed by atoms with Gasteiger partial charge in [-0.2, -0.15) is 0 Å². The Morgan fingerprint density at radius 3 is 1.29 bits per heavy atom. The van der Waals surface area contributed by atoms with Crippen LogP contribution in [-0.2, 0) is 4.57 Å². The first-order valence-electron chi connectivity index (χ1n) is 5.65. The Bertz CT molecular complexity index is 680. The first-order valence-corrected chi connectivity index (χ1v) is 7.31. The van der Waals surface area contributed by atoms with E-state index in [9.17, 15) is 29.7 Å². The Morgan fingerprint density at radius 1 is 0.762 bits per heavy atom. The smallest absolute Gasteiger partial charge is 0.269 e. The maximum Gasteiger partial charge on any atom is 0.269 e. The first-order chi connectivity index (χ1) is 9.82. The number of hydrogen-bond donors (Lipinski definition) is 1. The molecule has 0 saturated carbocycles. The molecule has 0 heterocycles. The molecule has 0 aliphatic heterocycles. The molecule has 0 aliphatic carbocycles. The van der Waals surface area contributed by atoms with Crippen LogP contribution in [0.4, 0.5) is 11.4 Å².